The second-order valence-corrected chi connectivity index (χ2v) is 5.20. The zero-order chi connectivity index (χ0) is 20.0. The Morgan fingerprint density at radius 3 is 1.88 bits per heavy atom. The summed E-state index contributed by atoms with van der Waals surface area (Å²) in [5.74, 6) is -13.1. The first-order chi connectivity index (χ1) is 11.9. The number of carbonyl (C=O) groups excluding carboxylic acids is 1. The number of nitrogens with zero attached hydrogens (tertiary/aromatic N) is 2. The van der Waals surface area contributed by atoms with Gasteiger partial charge >= 0.3 is 12.1 Å². The number of carbonyl (C=O) groups is 1. The normalized spacial score (nSPS) is 11.8. The van der Waals surface area contributed by atoms with Crippen molar-refractivity contribution in [1.82, 2.24) is 9.78 Å². The van der Waals surface area contributed by atoms with Crippen LogP contribution in [0.1, 0.15) is 17.0 Å². The topological polar surface area (TPSA) is 46.9 Å². The van der Waals surface area contributed by atoms with Crippen molar-refractivity contribution >= 4 is 11.6 Å². The molecule has 0 atom stereocenters. The molecule has 0 fully saturated rings. The van der Waals surface area contributed by atoms with E-state index in [-0.39, 0.29) is 11.4 Å². The maximum atomic E-state index is 13.7. The second-order valence-electron chi connectivity index (χ2n) is 5.20. The molecule has 0 radical (unpaired) electrons. The highest BCUT2D eigenvalue weighted by molar-refractivity contribution is 5.95. The SMILES string of the molecule is Cc1nn(Cc2c(F)c(F)c(F)c(F)c2F)c(C)c1NC(=O)C(F)(F)F. The molecular formula is C14H9F8N3O. The molecule has 1 aromatic heterocycles. The van der Waals surface area contributed by atoms with Crippen molar-refractivity contribution in [1.29, 1.82) is 0 Å². The molecule has 142 valence electrons. The summed E-state index contributed by atoms with van der Waals surface area (Å²) in [5.41, 5.74) is -1.94. The fraction of sp³-hybridized carbons (Fsp3) is 0.286. The lowest BCUT2D eigenvalue weighted by atomic mass is 10.1. The lowest BCUT2D eigenvalue weighted by Crippen LogP contribution is -2.30. The molecule has 0 saturated heterocycles. The number of halogens is 8. The molecule has 2 aromatic rings. The van der Waals surface area contributed by atoms with Crippen molar-refractivity contribution in [2.45, 2.75) is 26.6 Å². The van der Waals surface area contributed by atoms with Crippen molar-refractivity contribution in [3.63, 3.8) is 0 Å². The predicted octanol–water partition coefficient (Wildman–Crippen LogP) is 3.74. The minimum atomic E-state index is -5.19. The van der Waals surface area contributed by atoms with Gasteiger partial charge in [0.15, 0.2) is 23.3 Å². The van der Waals surface area contributed by atoms with Crippen molar-refractivity contribution in [2.75, 3.05) is 5.32 Å². The van der Waals surface area contributed by atoms with Crippen LogP contribution >= 0.6 is 0 Å². The third-order valence-electron chi connectivity index (χ3n) is 3.49. The van der Waals surface area contributed by atoms with Crippen LogP contribution in [0, 0.1) is 42.9 Å². The van der Waals surface area contributed by atoms with Crippen LogP contribution in [0.25, 0.3) is 0 Å². The Hall–Kier alpha value is -2.66. The van der Waals surface area contributed by atoms with Gasteiger partial charge in [-0.05, 0) is 13.8 Å². The van der Waals surface area contributed by atoms with E-state index in [9.17, 15) is 39.9 Å². The van der Waals surface area contributed by atoms with Crippen molar-refractivity contribution in [3.05, 3.63) is 46.0 Å². The summed E-state index contributed by atoms with van der Waals surface area (Å²) < 4.78 is 105. The molecule has 1 aromatic carbocycles. The number of rotatable bonds is 3. The summed E-state index contributed by atoms with van der Waals surface area (Å²) in [6.45, 7) is 1.38. The zero-order valence-electron chi connectivity index (χ0n) is 13.0. The van der Waals surface area contributed by atoms with Gasteiger partial charge in [0.25, 0.3) is 0 Å². The zero-order valence-corrected chi connectivity index (χ0v) is 13.0. The number of amides is 1. The van der Waals surface area contributed by atoms with Crippen LogP contribution in [-0.2, 0) is 11.3 Å². The van der Waals surface area contributed by atoms with Gasteiger partial charge in [-0.3, -0.25) is 9.48 Å². The Kier molecular flexibility index (Phi) is 4.97. The largest absolute Gasteiger partial charge is 0.471 e. The van der Waals surface area contributed by atoms with Crippen molar-refractivity contribution in [2.24, 2.45) is 0 Å². The smallest absolute Gasteiger partial charge is 0.315 e. The summed E-state index contributed by atoms with van der Waals surface area (Å²) >= 11 is 0. The van der Waals surface area contributed by atoms with Gasteiger partial charge in [-0.15, -0.1) is 0 Å². The van der Waals surface area contributed by atoms with Crippen LogP contribution in [0.4, 0.5) is 40.8 Å². The Labute approximate surface area is 140 Å². The molecule has 0 spiro atoms. The van der Waals surface area contributed by atoms with Crippen LogP contribution in [0.2, 0.25) is 0 Å². The molecule has 0 saturated carbocycles. The molecule has 1 N–H and O–H groups in total. The van der Waals surface area contributed by atoms with Crippen LogP contribution in [0.3, 0.4) is 0 Å². The van der Waals surface area contributed by atoms with Crippen LogP contribution < -0.4 is 5.32 Å². The van der Waals surface area contributed by atoms with Crippen molar-refractivity contribution in [3.8, 4) is 0 Å². The van der Waals surface area contributed by atoms with E-state index in [0.29, 0.717) is 4.68 Å². The monoisotopic (exact) mass is 387 g/mol. The van der Waals surface area contributed by atoms with Gasteiger partial charge in [0.1, 0.15) is 0 Å². The summed E-state index contributed by atoms with van der Waals surface area (Å²) in [6, 6.07) is 0. The Balaban J connectivity index is 2.45. The number of anilines is 1. The number of aryl methyl sites for hydroxylation is 1. The minimum Gasteiger partial charge on any atom is -0.315 e. The first kappa shape index (κ1) is 19.7. The van der Waals surface area contributed by atoms with Gasteiger partial charge in [-0.2, -0.15) is 18.3 Å². The molecule has 0 unspecified atom stereocenters. The maximum absolute atomic E-state index is 13.7. The first-order valence-corrected chi connectivity index (χ1v) is 6.78. The van der Waals surface area contributed by atoms with Crippen LogP contribution in [0.5, 0.6) is 0 Å². The lowest BCUT2D eigenvalue weighted by molar-refractivity contribution is -0.167. The molecule has 0 aliphatic rings. The predicted molar refractivity (Wildman–Crippen MR) is 71.7 cm³/mol. The first-order valence-electron chi connectivity index (χ1n) is 6.78. The van der Waals surface area contributed by atoms with E-state index in [4.69, 9.17) is 0 Å². The molecule has 1 amide bonds. The highest BCUT2D eigenvalue weighted by Crippen LogP contribution is 2.27. The summed E-state index contributed by atoms with van der Waals surface area (Å²) in [6.07, 6.45) is -5.19. The highest BCUT2D eigenvalue weighted by atomic mass is 19.4. The number of hydrogen-bond donors (Lipinski definition) is 1. The molecular weight excluding hydrogens is 378 g/mol. The Morgan fingerprint density at radius 2 is 1.42 bits per heavy atom. The fourth-order valence-corrected chi connectivity index (χ4v) is 2.16. The summed E-state index contributed by atoms with van der Waals surface area (Å²) in [4.78, 5) is 11.0. The van der Waals surface area contributed by atoms with E-state index >= 15 is 0 Å². The summed E-state index contributed by atoms with van der Waals surface area (Å²) in [7, 11) is 0. The van der Waals surface area contributed by atoms with E-state index < -0.39 is 59.0 Å². The molecule has 4 nitrogen and oxygen atoms in total. The van der Waals surface area contributed by atoms with Gasteiger partial charge in [0.05, 0.1) is 29.2 Å². The van der Waals surface area contributed by atoms with E-state index in [2.05, 4.69) is 5.10 Å². The van der Waals surface area contributed by atoms with E-state index in [1.807, 2.05) is 0 Å². The fourth-order valence-electron chi connectivity index (χ4n) is 2.16. The van der Waals surface area contributed by atoms with Crippen LogP contribution in [0.15, 0.2) is 0 Å². The highest BCUT2D eigenvalue weighted by Gasteiger charge is 2.39. The summed E-state index contributed by atoms with van der Waals surface area (Å²) in [5, 5.41) is 5.21. The van der Waals surface area contributed by atoms with E-state index in [1.54, 1.807) is 5.32 Å². The van der Waals surface area contributed by atoms with Gasteiger partial charge in [-0.25, -0.2) is 22.0 Å². The molecule has 0 bridgehead atoms. The molecule has 2 rings (SSSR count). The number of aromatic nitrogens is 2. The minimum absolute atomic E-state index is 0.149. The number of benzene rings is 1. The van der Waals surface area contributed by atoms with Gasteiger partial charge in [0, 0.05) is 0 Å². The number of hydrogen-bond acceptors (Lipinski definition) is 2. The average molecular weight is 387 g/mol. The molecule has 12 heteroatoms. The van der Waals surface area contributed by atoms with Gasteiger partial charge < -0.3 is 5.32 Å². The van der Waals surface area contributed by atoms with Gasteiger partial charge in [-0.1, -0.05) is 0 Å². The molecule has 26 heavy (non-hydrogen) atoms. The lowest BCUT2D eigenvalue weighted by Gasteiger charge is -2.11. The standard InChI is InChI=1S/C14H9F8N3O/c1-4-12(23-13(26)14(20,21)22)5(2)25(24-4)3-6-7(15)9(17)11(19)10(18)8(6)16/h3H2,1-2H3,(H,23,26). The van der Waals surface area contributed by atoms with Gasteiger partial charge in [0.2, 0.25) is 5.82 Å². The Bertz CT molecular complexity index is 859. The molecule has 0 aliphatic heterocycles. The third-order valence-corrected chi connectivity index (χ3v) is 3.49. The molecule has 1 heterocycles. The van der Waals surface area contributed by atoms with Crippen LogP contribution in [-0.4, -0.2) is 21.9 Å². The number of alkyl halides is 3. The third kappa shape index (κ3) is 3.35. The van der Waals surface area contributed by atoms with E-state index in [0.717, 1.165) is 6.92 Å². The van der Waals surface area contributed by atoms with Crippen molar-refractivity contribution < 1.29 is 39.9 Å². The Morgan fingerprint density at radius 1 is 0.962 bits per heavy atom. The quantitative estimate of drug-likeness (QED) is 0.496. The second kappa shape index (κ2) is 6.57. The number of nitrogens with one attached hydrogen (secondary N) is 1. The maximum Gasteiger partial charge on any atom is 0.471 e. The van der Waals surface area contributed by atoms with E-state index in [1.165, 1.54) is 6.92 Å². The molecule has 0 aliphatic carbocycles. The average Bonchev–Trinajstić information content (AvgIpc) is 2.81.